The van der Waals surface area contributed by atoms with Gasteiger partial charge in [-0.3, -0.25) is 4.79 Å². The molecule has 0 saturated carbocycles. The molecular formula is C22H17Cl2N3O3S. The number of hydrogen-bond acceptors (Lipinski definition) is 6. The number of carbonyl (C=O) groups is 1. The van der Waals surface area contributed by atoms with Crippen molar-refractivity contribution in [3.05, 3.63) is 76.6 Å². The number of halogens is 2. The highest BCUT2D eigenvalue weighted by Crippen LogP contribution is 2.31. The molecule has 1 aromatic heterocycles. The number of carbonyl (C=O) groups excluding carboxylic acids is 1. The van der Waals surface area contributed by atoms with Gasteiger partial charge in [-0.05, 0) is 48.0 Å². The van der Waals surface area contributed by atoms with E-state index in [1.165, 1.54) is 0 Å². The Labute approximate surface area is 192 Å². The third-order valence-corrected chi connectivity index (χ3v) is 5.68. The first-order valence-corrected chi connectivity index (χ1v) is 11.1. The Balaban J connectivity index is 1.32. The zero-order valence-electron chi connectivity index (χ0n) is 16.3. The largest absolute Gasteiger partial charge is 0.479 e. The van der Waals surface area contributed by atoms with Gasteiger partial charge in [-0.15, -0.1) is 10.2 Å². The van der Waals surface area contributed by atoms with Crippen LogP contribution >= 0.6 is 35.0 Å². The highest BCUT2D eigenvalue weighted by molar-refractivity contribution is 7.99. The standard InChI is InChI=1S/C22H17Cl2N3O3S/c1-13(29-19-9-7-16(23)11-18(19)24)21-26-27-22(30-21)31-12-20(28)25-17-8-6-14-4-2-3-5-15(14)10-17/h2-11,13H,12H2,1H3,(H,25,28)/t13-/m1/s1. The van der Waals surface area contributed by atoms with Crippen molar-refractivity contribution >= 4 is 57.3 Å². The molecule has 0 radical (unpaired) electrons. The van der Waals surface area contributed by atoms with Gasteiger partial charge in [0.15, 0.2) is 6.10 Å². The van der Waals surface area contributed by atoms with Crippen LogP contribution in [-0.2, 0) is 4.79 Å². The average molecular weight is 474 g/mol. The fourth-order valence-electron chi connectivity index (χ4n) is 2.85. The molecule has 31 heavy (non-hydrogen) atoms. The van der Waals surface area contributed by atoms with E-state index in [4.69, 9.17) is 32.4 Å². The zero-order chi connectivity index (χ0) is 21.8. The van der Waals surface area contributed by atoms with Crippen LogP contribution in [-0.4, -0.2) is 21.9 Å². The lowest BCUT2D eigenvalue weighted by atomic mass is 10.1. The SMILES string of the molecule is C[C@@H](Oc1ccc(Cl)cc1Cl)c1nnc(SCC(=O)Nc2ccc3ccccc3c2)o1. The molecule has 0 spiro atoms. The molecule has 0 fully saturated rings. The molecule has 0 unspecified atom stereocenters. The van der Waals surface area contributed by atoms with Gasteiger partial charge in [-0.2, -0.15) is 0 Å². The minimum Gasteiger partial charge on any atom is -0.479 e. The fourth-order valence-corrected chi connectivity index (χ4v) is 3.87. The first kappa shape index (κ1) is 21.5. The van der Waals surface area contributed by atoms with Crippen LogP contribution in [0.1, 0.15) is 18.9 Å². The van der Waals surface area contributed by atoms with Crippen LogP contribution in [0.25, 0.3) is 10.8 Å². The Morgan fingerprint density at radius 3 is 2.71 bits per heavy atom. The van der Waals surface area contributed by atoms with Crippen LogP contribution in [0, 0.1) is 0 Å². The number of amides is 1. The lowest BCUT2D eigenvalue weighted by Crippen LogP contribution is -2.13. The molecule has 1 amide bonds. The summed E-state index contributed by atoms with van der Waals surface area (Å²) in [6.07, 6.45) is -0.521. The van der Waals surface area contributed by atoms with Crippen LogP contribution in [0.5, 0.6) is 5.75 Å². The van der Waals surface area contributed by atoms with Crippen LogP contribution in [0.4, 0.5) is 5.69 Å². The number of hydrogen-bond donors (Lipinski definition) is 1. The lowest BCUT2D eigenvalue weighted by Gasteiger charge is -2.12. The number of thioether (sulfide) groups is 1. The summed E-state index contributed by atoms with van der Waals surface area (Å²) in [7, 11) is 0. The Hall–Kier alpha value is -2.74. The maximum atomic E-state index is 12.3. The Bertz CT molecular complexity index is 1230. The molecule has 0 aliphatic rings. The second-order valence-electron chi connectivity index (χ2n) is 6.64. The average Bonchev–Trinajstić information content (AvgIpc) is 3.23. The maximum Gasteiger partial charge on any atom is 0.277 e. The summed E-state index contributed by atoms with van der Waals surface area (Å²) < 4.78 is 11.4. The first-order valence-electron chi connectivity index (χ1n) is 9.34. The van der Waals surface area contributed by atoms with E-state index in [1.54, 1.807) is 25.1 Å². The highest BCUT2D eigenvalue weighted by Gasteiger charge is 2.18. The van der Waals surface area contributed by atoms with Crippen molar-refractivity contribution in [3.63, 3.8) is 0 Å². The molecule has 4 rings (SSSR count). The summed E-state index contributed by atoms with van der Waals surface area (Å²) in [6.45, 7) is 1.76. The van der Waals surface area contributed by atoms with Crippen LogP contribution in [0.3, 0.4) is 0 Å². The van der Waals surface area contributed by atoms with Gasteiger partial charge in [0.25, 0.3) is 11.1 Å². The molecule has 158 valence electrons. The Morgan fingerprint density at radius 2 is 1.90 bits per heavy atom. The predicted molar refractivity (Wildman–Crippen MR) is 123 cm³/mol. The molecule has 3 aromatic carbocycles. The van der Waals surface area contributed by atoms with Crippen molar-refractivity contribution in [2.75, 3.05) is 11.1 Å². The van der Waals surface area contributed by atoms with Crippen LogP contribution in [0.2, 0.25) is 10.0 Å². The molecule has 0 aliphatic carbocycles. The molecule has 0 saturated heterocycles. The number of aromatic nitrogens is 2. The molecular weight excluding hydrogens is 457 g/mol. The second kappa shape index (κ2) is 9.60. The van der Waals surface area contributed by atoms with E-state index in [9.17, 15) is 4.79 Å². The number of fused-ring (bicyclic) bond motifs is 1. The van der Waals surface area contributed by atoms with E-state index >= 15 is 0 Å². The number of nitrogens with one attached hydrogen (secondary N) is 1. The molecule has 1 N–H and O–H groups in total. The maximum absolute atomic E-state index is 12.3. The number of rotatable bonds is 7. The van der Waals surface area contributed by atoms with E-state index in [1.807, 2.05) is 42.5 Å². The summed E-state index contributed by atoms with van der Waals surface area (Å²) in [5, 5.41) is 14.2. The summed E-state index contributed by atoms with van der Waals surface area (Å²) in [5.41, 5.74) is 0.734. The van der Waals surface area contributed by atoms with Crippen molar-refractivity contribution in [3.8, 4) is 5.75 Å². The van der Waals surface area contributed by atoms with Gasteiger partial charge in [0, 0.05) is 10.7 Å². The highest BCUT2D eigenvalue weighted by atomic mass is 35.5. The minimum atomic E-state index is -0.521. The zero-order valence-corrected chi connectivity index (χ0v) is 18.7. The van der Waals surface area contributed by atoms with Gasteiger partial charge >= 0.3 is 0 Å². The third-order valence-electron chi connectivity index (χ3n) is 4.33. The fraction of sp³-hybridized carbons (Fsp3) is 0.136. The first-order chi connectivity index (χ1) is 15.0. The summed E-state index contributed by atoms with van der Waals surface area (Å²) >= 11 is 13.2. The van der Waals surface area contributed by atoms with Crippen molar-refractivity contribution in [2.24, 2.45) is 0 Å². The normalized spacial score (nSPS) is 12.0. The van der Waals surface area contributed by atoms with Gasteiger partial charge < -0.3 is 14.5 Å². The van der Waals surface area contributed by atoms with Crippen molar-refractivity contribution in [2.45, 2.75) is 18.3 Å². The molecule has 6 nitrogen and oxygen atoms in total. The Kier molecular flexibility index (Phi) is 6.65. The van der Waals surface area contributed by atoms with Gasteiger partial charge in [0.05, 0.1) is 10.8 Å². The van der Waals surface area contributed by atoms with E-state index in [2.05, 4.69) is 15.5 Å². The van der Waals surface area contributed by atoms with Crippen molar-refractivity contribution < 1.29 is 13.9 Å². The molecule has 9 heteroatoms. The molecule has 0 bridgehead atoms. The Morgan fingerprint density at radius 1 is 1.10 bits per heavy atom. The van der Waals surface area contributed by atoms with Gasteiger partial charge in [-0.25, -0.2) is 0 Å². The minimum absolute atomic E-state index is 0.132. The molecule has 4 aromatic rings. The van der Waals surface area contributed by atoms with E-state index in [0.29, 0.717) is 15.8 Å². The van der Waals surface area contributed by atoms with Crippen LogP contribution in [0.15, 0.2) is 70.3 Å². The summed E-state index contributed by atoms with van der Waals surface area (Å²) in [5.74, 6) is 0.702. The number of anilines is 1. The quantitative estimate of drug-likeness (QED) is 0.313. The molecule has 1 atom stereocenters. The van der Waals surface area contributed by atoms with Gasteiger partial charge in [-0.1, -0.05) is 65.3 Å². The predicted octanol–water partition coefficient (Wildman–Crippen LogP) is 6.40. The van der Waals surface area contributed by atoms with Gasteiger partial charge in [0.2, 0.25) is 5.91 Å². The topological polar surface area (TPSA) is 77.2 Å². The molecule has 0 aliphatic heterocycles. The van der Waals surface area contributed by atoms with Crippen LogP contribution < -0.4 is 10.1 Å². The van der Waals surface area contributed by atoms with E-state index in [-0.39, 0.29) is 22.8 Å². The van der Waals surface area contributed by atoms with Crippen molar-refractivity contribution in [1.82, 2.24) is 10.2 Å². The summed E-state index contributed by atoms with van der Waals surface area (Å²) in [4.78, 5) is 12.3. The number of ether oxygens (including phenoxy) is 1. The number of benzene rings is 3. The smallest absolute Gasteiger partial charge is 0.277 e. The van der Waals surface area contributed by atoms with Crippen molar-refractivity contribution in [1.29, 1.82) is 0 Å². The number of nitrogens with zero attached hydrogens (tertiary/aromatic N) is 2. The lowest BCUT2D eigenvalue weighted by molar-refractivity contribution is -0.113. The molecule has 1 heterocycles. The van der Waals surface area contributed by atoms with E-state index in [0.717, 1.165) is 28.2 Å². The van der Waals surface area contributed by atoms with E-state index < -0.39 is 6.10 Å². The summed E-state index contributed by atoms with van der Waals surface area (Å²) in [6, 6.07) is 18.7. The monoisotopic (exact) mass is 473 g/mol. The third kappa shape index (κ3) is 5.50. The van der Waals surface area contributed by atoms with Gasteiger partial charge in [0.1, 0.15) is 5.75 Å². The second-order valence-corrected chi connectivity index (χ2v) is 8.41.